The summed E-state index contributed by atoms with van der Waals surface area (Å²) in [7, 11) is 1.65. The highest BCUT2D eigenvalue weighted by Crippen LogP contribution is 2.25. The zero-order valence-corrected chi connectivity index (χ0v) is 13.0. The number of para-hydroxylation sites is 1. The normalized spacial score (nSPS) is 11.4. The largest absolute Gasteiger partial charge is 0.409 e. The number of amidine groups is 1. The molecular formula is C13H12BrN3O2S. The minimum absolute atomic E-state index is 0.0354. The number of nitrogens with zero attached hydrogens (tertiary/aromatic N) is 2. The van der Waals surface area contributed by atoms with Crippen LogP contribution in [-0.4, -0.2) is 24.0 Å². The SMILES string of the molecule is CN(C(=O)c1csc(Br)c1)c1ccccc1/C(N)=N/O. The Balaban J connectivity index is 2.39. The van der Waals surface area contributed by atoms with Crippen molar-refractivity contribution in [3.63, 3.8) is 0 Å². The van der Waals surface area contributed by atoms with Gasteiger partial charge in [0.1, 0.15) is 0 Å². The van der Waals surface area contributed by atoms with E-state index in [9.17, 15) is 4.79 Å². The fourth-order valence-electron chi connectivity index (χ4n) is 1.76. The number of benzene rings is 1. The lowest BCUT2D eigenvalue weighted by Crippen LogP contribution is -2.28. The number of carbonyl (C=O) groups is 1. The van der Waals surface area contributed by atoms with E-state index in [1.54, 1.807) is 42.8 Å². The van der Waals surface area contributed by atoms with Gasteiger partial charge in [0.15, 0.2) is 5.84 Å². The van der Waals surface area contributed by atoms with E-state index in [0.29, 0.717) is 16.8 Å². The van der Waals surface area contributed by atoms with Crippen molar-refractivity contribution >= 4 is 44.7 Å². The first-order valence-corrected chi connectivity index (χ1v) is 7.31. The summed E-state index contributed by atoms with van der Waals surface area (Å²) in [6, 6.07) is 8.74. The molecule has 0 saturated carbocycles. The highest BCUT2D eigenvalue weighted by Gasteiger charge is 2.18. The maximum atomic E-state index is 12.4. The van der Waals surface area contributed by atoms with Crippen LogP contribution >= 0.6 is 27.3 Å². The fourth-order valence-corrected chi connectivity index (χ4v) is 2.89. The summed E-state index contributed by atoms with van der Waals surface area (Å²) in [5.74, 6) is -0.197. The van der Waals surface area contributed by atoms with E-state index < -0.39 is 0 Å². The lowest BCUT2D eigenvalue weighted by Gasteiger charge is -2.19. The summed E-state index contributed by atoms with van der Waals surface area (Å²) in [4.78, 5) is 13.9. The maximum absolute atomic E-state index is 12.4. The predicted molar refractivity (Wildman–Crippen MR) is 83.7 cm³/mol. The molecule has 1 amide bonds. The molecule has 2 aromatic rings. The third kappa shape index (κ3) is 2.83. The predicted octanol–water partition coefficient (Wildman–Crippen LogP) is 2.88. The molecule has 0 saturated heterocycles. The van der Waals surface area contributed by atoms with Gasteiger partial charge in [0.25, 0.3) is 5.91 Å². The second-order valence-electron chi connectivity index (χ2n) is 4.01. The highest BCUT2D eigenvalue weighted by molar-refractivity contribution is 9.11. The number of amides is 1. The molecule has 3 N–H and O–H groups in total. The van der Waals surface area contributed by atoms with Gasteiger partial charge >= 0.3 is 0 Å². The van der Waals surface area contributed by atoms with Crippen LogP contribution in [0.25, 0.3) is 0 Å². The first-order valence-electron chi connectivity index (χ1n) is 5.63. The molecule has 0 aliphatic rings. The summed E-state index contributed by atoms with van der Waals surface area (Å²) in [6.45, 7) is 0. The molecule has 0 aliphatic carbocycles. The van der Waals surface area contributed by atoms with Crippen molar-refractivity contribution in [2.75, 3.05) is 11.9 Å². The zero-order valence-electron chi connectivity index (χ0n) is 10.6. The van der Waals surface area contributed by atoms with Gasteiger partial charge in [0.05, 0.1) is 15.0 Å². The third-order valence-corrected chi connectivity index (χ3v) is 4.27. The maximum Gasteiger partial charge on any atom is 0.258 e. The van der Waals surface area contributed by atoms with Gasteiger partial charge in [-0.25, -0.2) is 0 Å². The summed E-state index contributed by atoms with van der Waals surface area (Å²) in [5, 5.41) is 13.6. The van der Waals surface area contributed by atoms with Gasteiger partial charge in [-0.1, -0.05) is 17.3 Å². The average molecular weight is 354 g/mol. The Morgan fingerprint density at radius 2 is 2.15 bits per heavy atom. The second kappa shape index (κ2) is 6.06. The van der Waals surface area contributed by atoms with Crippen molar-refractivity contribution in [2.45, 2.75) is 0 Å². The fraction of sp³-hybridized carbons (Fsp3) is 0.0769. The quantitative estimate of drug-likeness (QED) is 0.385. The van der Waals surface area contributed by atoms with Crippen LogP contribution in [0.1, 0.15) is 15.9 Å². The summed E-state index contributed by atoms with van der Waals surface area (Å²) in [6.07, 6.45) is 0. The topological polar surface area (TPSA) is 78.9 Å². The lowest BCUT2D eigenvalue weighted by atomic mass is 10.1. The van der Waals surface area contributed by atoms with Crippen molar-refractivity contribution in [3.8, 4) is 0 Å². The van der Waals surface area contributed by atoms with Crippen molar-refractivity contribution in [1.29, 1.82) is 0 Å². The first kappa shape index (κ1) is 14.5. The van der Waals surface area contributed by atoms with Crippen molar-refractivity contribution in [3.05, 3.63) is 50.6 Å². The molecule has 0 unspecified atom stereocenters. The molecule has 20 heavy (non-hydrogen) atoms. The monoisotopic (exact) mass is 353 g/mol. The van der Waals surface area contributed by atoms with Gasteiger partial charge in [-0.05, 0) is 34.1 Å². The Labute approximate surface area is 128 Å². The molecule has 0 spiro atoms. The highest BCUT2D eigenvalue weighted by atomic mass is 79.9. The van der Waals surface area contributed by atoms with Crippen LogP contribution in [0.5, 0.6) is 0 Å². The third-order valence-electron chi connectivity index (χ3n) is 2.77. The van der Waals surface area contributed by atoms with Gasteiger partial charge in [0, 0.05) is 18.0 Å². The number of anilines is 1. The van der Waals surface area contributed by atoms with E-state index in [-0.39, 0.29) is 11.7 Å². The van der Waals surface area contributed by atoms with E-state index in [1.807, 2.05) is 0 Å². The number of rotatable bonds is 3. The van der Waals surface area contributed by atoms with Gasteiger partial charge in [-0.3, -0.25) is 4.79 Å². The van der Waals surface area contributed by atoms with Gasteiger partial charge in [-0.2, -0.15) is 0 Å². The second-order valence-corrected chi connectivity index (χ2v) is 6.30. The number of nitrogens with two attached hydrogens (primary N) is 1. The van der Waals surface area contributed by atoms with Crippen molar-refractivity contribution in [1.82, 2.24) is 0 Å². The zero-order chi connectivity index (χ0) is 14.7. The molecule has 1 aromatic carbocycles. The van der Waals surface area contributed by atoms with Crippen LogP contribution in [0.15, 0.2) is 44.7 Å². The number of hydrogen-bond donors (Lipinski definition) is 2. The molecular weight excluding hydrogens is 342 g/mol. The van der Waals surface area contributed by atoms with E-state index >= 15 is 0 Å². The van der Waals surface area contributed by atoms with Crippen LogP contribution in [0.3, 0.4) is 0 Å². The first-order chi connectivity index (χ1) is 9.54. The molecule has 0 fully saturated rings. The number of thiophene rings is 1. The number of carbonyl (C=O) groups excluding carboxylic acids is 1. The molecule has 0 radical (unpaired) electrons. The number of halogens is 1. The molecule has 1 aromatic heterocycles. The molecule has 104 valence electrons. The van der Waals surface area contributed by atoms with Crippen LogP contribution in [0.4, 0.5) is 5.69 Å². The minimum atomic E-state index is -0.162. The summed E-state index contributed by atoms with van der Waals surface area (Å²) in [5.41, 5.74) is 7.29. The molecule has 7 heteroatoms. The Morgan fingerprint density at radius 1 is 1.45 bits per heavy atom. The Hall–Kier alpha value is -1.86. The van der Waals surface area contributed by atoms with Crippen LogP contribution in [-0.2, 0) is 0 Å². The van der Waals surface area contributed by atoms with E-state index in [1.165, 1.54) is 16.2 Å². The summed E-state index contributed by atoms with van der Waals surface area (Å²) < 4.78 is 0.888. The minimum Gasteiger partial charge on any atom is -0.409 e. The number of hydrogen-bond acceptors (Lipinski definition) is 4. The Bertz CT molecular complexity index is 669. The van der Waals surface area contributed by atoms with Crippen LogP contribution in [0, 0.1) is 0 Å². The average Bonchev–Trinajstić information content (AvgIpc) is 2.91. The lowest BCUT2D eigenvalue weighted by molar-refractivity contribution is 0.0993. The van der Waals surface area contributed by atoms with Gasteiger partial charge in [0.2, 0.25) is 0 Å². The van der Waals surface area contributed by atoms with Crippen LogP contribution in [0.2, 0.25) is 0 Å². The van der Waals surface area contributed by atoms with Crippen LogP contribution < -0.4 is 10.6 Å². The molecule has 1 heterocycles. The Kier molecular flexibility index (Phi) is 4.41. The molecule has 2 rings (SSSR count). The number of oxime groups is 1. The Morgan fingerprint density at radius 3 is 2.75 bits per heavy atom. The molecule has 0 atom stereocenters. The van der Waals surface area contributed by atoms with E-state index in [0.717, 1.165) is 3.79 Å². The van der Waals surface area contributed by atoms with Gasteiger partial charge < -0.3 is 15.8 Å². The van der Waals surface area contributed by atoms with Crippen molar-refractivity contribution < 1.29 is 10.0 Å². The standard InChI is InChI=1S/C13H12BrN3O2S/c1-17(13(18)8-6-11(14)20-7-8)10-5-3-2-4-9(10)12(15)16-19/h2-7,19H,1H3,(H2,15,16). The molecule has 0 bridgehead atoms. The van der Waals surface area contributed by atoms with E-state index in [2.05, 4.69) is 21.1 Å². The molecule has 0 aliphatic heterocycles. The smallest absolute Gasteiger partial charge is 0.258 e. The van der Waals surface area contributed by atoms with E-state index in [4.69, 9.17) is 10.9 Å². The van der Waals surface area contributed by atoms with Gasteiger partial charge in [-0.15, -0.1) is 11.3 Å². The summed E-state index contributed by atoms with van der Waals surface area (Å²) >= 11 is 4.77. The van der Waals surface area contributed by atoms with Crippen molar-refractivity contribution in [2.24, 2.45) is 10.9 Å². The molecule has 5 nitrogen and oxygen atoms in total.